The van der Waals surface area contributed by atoms with Gasteiger partial charge >= 0.3 is 0 Å². The van der Waals surface area contributed by atoms with Crippen LogP contribution in [0.25, 0.3) is 0 Å². The molecule has 0 aromatic rings. The molecule has 1 rings (SSSR count). The molecule has 0 spiro atoms. The van der Waals surface area contributed by atoms with Gasteiger partial charge in [0.25, 0.3) is 0 Å². The van der Waals surface area contributed by atoms with Crippen LogP contribution in [0.3, 0.4) is 0 Å². The summed E-state index contributed by atoms with van der Waals surface area (Å²) in [5, 5.41) is 22.7. The van der Waals surface area contributed by atoms with Gasteiger partial charge in [0.2, 0.25) is 0 Å². The Labute approximate surface area is 105 Å². The third kappa shape index (κ3) is 5.06. The summed E-state index contributed by atoms with van der Waals surface area (Å²) in [5.41, 5.74) is -0.661. The van der Waals surface area contributed by atoms with Crippen molar-refractivity contribution in [3.8, 4) is 6.07 Å². The zero-order valence-corrected chi connectivity index (χ0v) is 11.4. The Morgan fingerprint density at radius 3 is 2.65 bits per heavy atom. The number of nitrogens with one attached hydrogen (secondary N) is 1. The van der Waals surface area contributed by atoms with Crippen molar-refractivity contribution >= 4 is 0 Å². The highest BCUT2D eigenvalue weighted by Gasteiger charge is 2.28. The van der Waals surface area contributed by atoms with Crippen molar-refractivity contribution < 1.29 is 5.11 Å². The van der Waals surface area contributed by atoms with Gasteiger partial charge in [-0.05, 0) is 32.1 Å². The molecule has 3 atom stereocenters. The smallest absolute Gasteiger partial charge is 0.0746 e. The van der Waals surface area contributed by atoms with Gasteiger partial charge in [0.15, 0.2) is 0 Å². The lowest BCUT2D eigenvalue weighted by Crippen LogP contribution is -2.46. The van der Waals surface area contributed by atoms with Gasteiger partial charge in [-0.15, -0.1) is 0 Å². The molecule has 98 valence electrons. The van der Waals surface area contributed by atoms with E-state index >= 15 is 0 Å². The van der Waals surface area contributed by atoms with E-state index in [1.54, 1.807) is 0 Å². The van der Waals surface area contributed by atoms with Gasteiger partial charge in [-0.1, -0.05) is 26.7 Å². The van der Waals surface area contributed by atoms with Crippen LogP contribution < -0.4 is 5.32 Å². The van der Waals surface area contributed by atoms with E-state index in [0.717, 1.165) is 19.3 Å². The number of hydrogen-bond donors (Lipinski definition) is 2. The molecule has 0 aliphatic heterocycles. The van der Waals surface area contributed by atoms with Gasteiger partial charge in [0.1, 0.15) is 0 Å². The van der Waals surface area contributed by atoms with Crippen LogP contribution >= 0.6 is 0 Å². The van der Waals surface area contributed by atoms with Crippen LogP contribution in [0.1, 0.15) is 52.9 Å². The summed E-state index contributed by atoms with van der Waals surface area (Å²) in [6.45, 7) is 6.71. The monoisotopic (exact) mass is 238 g/mol. The van der Waals surface area contributed by atoms with Crippen LogP contribution in [-0.2, 0) is 0 Å². The molecule has 0 amide bonds. The highest BCUT2D eigenvalue weighted by molar-refractivity contribution is 4.95. The Kier molecular flexibility index (Phi) is 5.42. The molecule has 3 heteroatoms. The Bertz CT molecular complexity index is 268. The fraction of sp³-hybridized carbons (Fsp3) is 0.929. The maximum atomic E-state index is 10.2. The average Bonchev–Trinajstić information content (AvgIpc) is 2.25. The Morgan fingerprint density at radius 1 is 1.41 bits per heavy atom. The molecule has 1 fully saturated rings. The molecule has 1 saturated carbocycles. The van der Waals surface area contributed by atoms with Crippen molar-refractivity contribution in [1.82, 2.24) is 5.32 Å². The van der Waals surface area contributed by atoms with Gasteiger partial charge in [-0.3, -0.25) is 0 Å². The van der Waals surface area contributed by atoms with E-state index < -0.39 is 5.60 Å². The molecule has 1 aliphatic rings. The van der Waals surface area contributed by atoms with Crippen molar-refractivity contribution in [2.45, 2.75) is 64.5 Å². The fourth-order valence-corrected chi connectivity index (χ4v) is 2.83. The summed E-state index contributed by atoms with van der Waals surface area (Å²) in [5.74, 6) is 0.614. The summed E-state index contributed by atoms with van der Waals surface area (Å²) in [6.07, 6.45) is 5.22. The Morgan fingerprint density at radius 2 is 2.06 bits per heavy atom. The maximum Gasteiger partial charge on any atom is 0.0746 e. The van der Waals surface area contributed by atoms with Crippen LogP contribution in [0.2, 0.25) is 0 Å². The number of nitrogens with zero attached hydrogens (tertiary/aromatic N) is 1. The topological polar surface area (TPSA) is 56.0 Å². The quantitative estimate of drug-likeness (QED) is 0.773. The first-order valence-electron chi connectivity index (χ1n) is 6.80. The minimum Gasteiger partial charge on any atom is -0.389 e. The third-order valence-corrected chi connectivity index (χ3v) is 3.52. The molecular formula is C14H26N2O. The first-order valence-corrected chi connectivity index (χ1v) is 6.80. The number of aliphatic hydroxyl groups is 1. The van der Waals surface area contributed by atoms with Gasteiger partial charge < -0.3 is 10.4 Å². The van der Waals surface area contributed by atoms with Crippen molar-refractivity contribution in [2.24, 2.45) is 11.8 Å². The minimum atomic E-state index is -0.661. The van der Waals surface area contributed by atoms with Crippen molar-refractivity contribution in [2.75, 3.05) is 6.54 Å². The average molecular weight is 238 g/mol. The fourth-order valence-electron chi connectivity index (χ4n) is 2.83. The lowest BCUT2D eigenvalue weighted by molar-refractivity contribution is 0.0332. The first kappa shape index (κ1) is 14.5. The zero-order chi connectivity index (χ0) is 12.9. The van der Waals surface area contributed by atoms with E-state index in [9.17, 15) is 5.11 Å². The molecule has 0 bridgehead atoms. The summed E-state index contributed by atoms with van der Waals surface area (Å²) >= 11 is 0. The summed E-state index contributed by atoms with van der Waals surface area (Å²) in [6, 6.07) is 2.66. The lowest BCUT2D eigenvalue weighted by atomic mass is 9.85. The molecule has 0 heterocycles. The van der Waals surface area contributed by atoms with Crippen molar-refractivity contribution in [3.05, 3.63) is 0 Å². The second-order valence-corrected chi connectivity index (χ2v) is 6.10. The SMILES string of the molecule is CC(C)CC(C)(O)CNC1CCCCC1C#N. The molecular weight excluding hydrogens is 212 g/mol. The van der Waals surface area contributed by atoms with Crippen LogP contribution in [0.4, 0.5) is 0 Å². The molecule has 1 aliphatic carbocycles. The molecule has 2 N–H and O–H groups in total. The number of hydrogen-bond acceptors (Lipinski definition) is 3. The normalized spacial score (nSPS) is 28.7. The number of nitriles is 1. The predicted molar refractivity (Wildman–Crippen MR) is 69.4 cm³/mol. The highest BCUT2D eigenvalue weighted by Crippen LogP contribution is 2.24. The molecule has 0 aromatic carbocycles. The predicted octanol–water partition coefficient (Wildman–Crippen LogP) is 2.46. The zero-order valence-electron chi connectivity index (χ0n) is 11.4. The Hall–Kier alpha value is -0.590. The largest absolute Gasteiger partial charge is 0.389 e. The van der Waals surface area contributed by atoms with E-state index in [0.29, 0.717) is 12.5 Å². The molecule has 0 aromatic heterocycles. The number of rotatable bonds is 5. The summed E-state index contributed by atoms with van der Waals surface area (Å²) in [4.78, 5) is 0. The maximum absolute atomic E-state index is 10.2. The van der Waals surface area contributed by atoms with Gasteiger partial charge in [0, 0.05) is 12.6 Å². The van der Waals surface area contributed by atoms with Crippen LogP contribution in [0.5, 0.6) is 0 Å². The molecule has 3 nitrogen and oxygen atoms in total. The van der Waals surface area contributed by atoms with Gasteiger partial charge in [-0.25, -0.2) is 0 Å². The third-order valence-electron chi connectivity index (χ3n) is 3.52. The van der Waals surface area contributed by atoms with E-state index in [1.165, 1.54) is 12.8 Å². The van der Waals surface area contributed by atoms with Crippen molar-refractivity contribution in [3.63, 3.8) is 0 Å². The first-order chi connectivity index (χ1) is 7.94. The van der Waals surface area contributed by atoms with E-state index in [-0.39, 0.29) is 12.0 Å². The van der Waals surface area contributed by atoms with Crippen LogP contribution in [-0.4, -0.2) is 23.3 Å². The van der Waals surface area contributed by atoms with Crippen LogP contribution in [0, 0.1) is 23.2 Å². The standard InChI is InChI=1S/C14H26N2O/c1-11(2)8-14(3,17)10-16-13-7-5-4-6-12(13)9-15/h11-13,16-17H,4-8,10H2,1-3H3. The van der Waals surface area contributed by atoms with E-state index in [2.05, 4.69) is 25.2 Å². The van der Waals surface area contributed by atoms with Gasteiger partial charge in [0.05, 0.1) is 17.6 Å². The van der Waals surface area contributed by atoms with Gasteiger partial charge in [-0.2, -0.15) is 5.26 Å². The Balaban J connectivity index is 2.40. The van der Waals surface area contributed by atoms with Crippen LogP contribution in [0.15, 0.2) is 0 Å². The highest BCUT2D eigenvalue weighted by atomic mass is 16.3. The second kappa shape index (κ2) is 6.37. The van der Waals surface area contributed by atoms with E-state index in [1.807, 2.05) is 6.92 Å². The molecule has 0 saturated heterocycles. The minimum absolute atomic E-state index is 0.124. The molecule has 0 radical (unpaired) electrons. The van der Waals surface area contributed by atoms with Crippen molar-refractivity contribution in [1.29, 1.82) is 5.26 Å². The molecule has 17 heavy (non-hydrogen) atoms. The lowest BCUT2D eigenvalue weighted by Gasteiger charge is -2.32. The summed E-state index contributed by atoms with van der Waals surface area (Å²) in [7, 11) is 0. The molecule has 3 unspecified atom stereocenters. The second-order valence-electron chi connectivity index (χ2n) is 6.10. The van der Waals surface area contributed by atoms with E-state index in [4.69, 9.17) is 5.26 Å². The summed E-state index contributed by atoms with van der Waals surface area (Å²) < 4.78 is 0.